The van der Waals surface area contributed by atoms with Crippen LogP contribution in [-0.2, 0) is 16.1 Å². The summed E-state index contributed by atoms with van der Waals surface area (Å²) in [6.07, 6.45) is 1.57. The number of hydrogen-bond donors (Lipinski definition) is 0. The second-order valence-electron chi connectivity index (χ2n) is 10.6. The summed E-state index contributed by atoms with van der Waals surface area (Å²) in [7, 11) is 1.53. The summed E-state index contributed by atoms with van der Waals surface area (Å²) in [5, 5.41) is 0.477. The van der Waals surface area contributed by atoms with Gasteiger partial charge in [-0.1, -0.05) is 52.7 Å². The Morgan fingerprint density at radius 3 is 2.41 bits per heavy atom. The van der Waals surface area contributed by atoms with Crippen LogP contribution in [0.2, 0.25) is 10.0 Å². The van der Waals surface area contributed by atoms with Crippen LogP contribution in [0.3, 0.4) is 0 Å². The number of aromatic nitrogens is 1. The molecule has 3 aromatic carbocycles. The average molecular weight is 686 g/mol. The molecule has 4 aromatic rings. The van der Waals surface area contributed by atoms with E-state index >= 15 is 0 Å². The quantitative estimate of drug-likeness (QED) is 0.175. The van der Waals surface area contributed by atoms with Gasteiger partial charge in [0.25, 0.3) is 5.56 Å². The van der Waals surface area contributed by atoms with Crippen LogP contribution in [0.5, 0.6) is 17.2 Å². The summed E-state index contributed by atoms with van der Waals surface area (Å²) in [5.74, 6) is 0.337. The highest BCUT2D eigenvalue weighted by Gasteiger charge is 2.34. The number of rotatable bonds is 10. The van der Waals surface area contributed by atoms with Crippen molar-refractivity contribution in [1.82, 2.24) is 4.57 Å². The lowest BCUT2D eigenvalue weighted by molar-refractivity contribution is -0.139. The molecule has 46 heavy (non-hydrogen) atoms. The molecule has 0 fully saturated rings. The Bertz CT molecular complexity index is 1980. The molecule has 240 valence electrons. The van der Waals surface area contributed by atoms with E-state index in [1.165, 1.54) is 35.1 Å². The maximum absolute atomic E-state index is 14.1. The van der Waals surface area contributed by atoms with Gasteiger partial charge >= 0.3 is 5.97 Å². The number of halogens is 3. The second kappa shape index (κ2) is 14.1. The molecule has 8 nitrogen and oxygen atoms in total. The van der Waals surface area contributed by atoms with E-state index in [1.807, 2.05) is 13.8 Å². The zero-order valence-electron chi connectivity index (χ0n) is 25.7. The second-order valence-corrected chi connectivity index (χ2v) is 12.4. The smallest absolute Gasteiger partial charge is 0.338 e. The standard InChI is InChI=1S/C34H31Cl2FN2O6S/c1-6-43-33(41)29-19(4)38-34-39(30(29)22-9-12-26(45-18(2)3)27(16-22)42-5)32(40)28(46-34)15-21-13-24(35)31(25(36)14-21)44-17-20-7-10-23(37)11-8-20/h7-16,18,30H,6,17H2,1-5H3/b28-15-/t30-/m0/s1. The van der Waals surface area contributed by atoms with Crippen molar-refractivity contribution in [2.24, 2.45) is 4.99 Å². The van der Waals surface area contributed by atoms with E-state index in [0.717, 1.165) is 5.56 Å². The maximum Gasteiger partial charge on any atom is 0.338 e. The molecule has 0 saturated carbocycles. The number of carbonyl (C=O) groups excluding carboxylic acids is 1. The van der Waals surface area contributed by atoms with Gasteiger partial charge in [0.15, 0.2) is 22.0 Å². The van der Waals surface area contributed by atoms with Crippen LogP contribution in [0.1, 0.15) is 50.4 Å². The topological polar surface area (TPSA) is 88.4 Å². The molecule has 0 radical (unpaired) electrons. The van der Waals surface area contributed by atoms with Gasteiger partial charge in [0.1, 0.15) is 12.4 Å². The minimum Gasteiger partial charge on any atom is -0.493 e. The van der Waals surface area contributed by atoms with E-state index in [-0.39, 0.29) is 52.1 Å². The van der Waals surface area contributed by atoms with E-state index in [9.17, 15) is 14.0 Å². The number of fused-ring (bicyclic) bond motifs is 1. The normalized spacial score (nSPS) is 14.6. The van der Waals surface area contributed by atoms with Crippen LogP contribution >= 0.6 is 34.5 Å². The van der Waals surface area contributed by atoms with Gasteiger partial charge < -0.3 is 18.9 Å². The minimum atomic E-state index is -0.839. The van der Waals surface area contributed by atoms with Crippen LogP contribution in [0, 0.1) is 5.82 Å². The molecule has 0 unspecified atom stereocenters. The van der Waals surface area contributed by atoms with Gasteiger partial charge in [0, 0.05) is 0 Å². The van der Waals surface area contributed by atoms with Crippen LogP contribution in [0.25, 0.3) is 6.08 Å². The van der Waals surface area contributed by atoms with Crippen molar-refractivity contribution in [3.8, 4) is 17.2 Å². The van der Waals surface area contributed by atoms with E-state index in [4.69, 9.17) is 42.1 Å². The van der Waals surface area contributed by atoms with Crippen molar-refractivity contribution < 1.29 is 28.1 Å². The summed E-state index contributed by atoms with van der Waals surface area (Å²) in [6, 6.07) is 13.6. The molecule has 12 heteroatoms. The van der Waals surface area contributed by atoms with Crippen LogP contribution in [0.4, 0.5) is 4.39 Å². The third-order valence-electron chi connectivity index (χ3n) is 7.00. The number of thiazole rings is 1. The van der Waals surface area contributed by atoms with Gasteiger partial charge in [-0.25, -0.2) is 14.2 Å². The summed E-state index contributed by atoms with van der Waals surface area (Å²) in [6.45, 7) is 7.54. The Kier molecular flexibility index (Phi) is 10.2. The molecule has 0 N–H and O–H groups in total. The maximum atomic E-state index is 14.1. The van der Waals surface area contributed by atoms with Gasteiger partial charge in [-0.3, -0.25) is 9.36 Å². The lowest BCUT2D eigenvalue weighted by atomic mass is 9.95. The summed E-state index contributed by atoms with van der Waals surface area (Å²) >= 11 is 14.3. The Balaban J connectivity index is 1.57. The van der Waals surface area contributed by atoms with E-state index < -0.39 is 12.0 Å². The zero-order valence-corrected chi connectivity index (χ0v) is 28.1. The van der Waals surface area contributed by atoms with Crippen molar-refractivity contribution in [2.75, 3.05) is 13.7 Å². The summed E-state index contributed by atoms with van der Waals surface area (Å²) < 4.78 is 37.8. The number of nitrogens with zero attached hydrogens (tertiary/aromatic N) is 2. The van der Waals surface area contributed by atoms with Crippen LogP contribution in [-0.4, -0.2) is 30.4 Å². The van der Waals surface area contributed by atoms with Crippen molar-refractivity contribution in [3.63, 3.8) is 0 Å². The van der Waals surface area contributed by atoms with Gasteiger partial charge in [0.05, 0.1) is 51.7 Å². The molecule has 0 spiro atoms. The van der Waals surface area contributed by atoms with E-state index in [0.29, 0.717) is 37.7 Å². The zero-order chi connectivity index (χ0) is 33.1. The molecule has 1 atom stereocenters. The fourth-order valence-electron chi connectivity index (χ4n) is 5.00. The molecule has 0 aliphatic carbocycles. The van der Waals surface area contributed by atoms with Crippen molar-refractivity contribution in [3.05, 3.63) is 118 Å². The summed E-state index contributed by atoms with van der Waals surface area (Å²) in [5.41, 5.74) is 2.23. The Hall–Kier alpha value is -4.12. The number of ether oxygens (including phenoxy) is 4. The predicted molar refractivity (Wildman–Crippen MR) is 176 cm³/mol. The molecule has 1 aliphatic rings. The molecule has 0 saturated heterocycles. The number of carbonyl (C=O) groups is 1. The number of benzene rings is 3. The van der Waals surface area contributed by atoms with Crippen molar-refractivity contribution in [2.45, 2.75) is 46.4 Å². The van der Waals surface area contributed by atoms with Gasteiger partial charge in [-0.2, -0.15) is 0 Å². The lowest BCUT2D eigenvalue weighted by Gasteiger charge is -2.25. The highest BCUT2D eigenvalue weighted by molar-refractivity contribution is 7.07. The monoisotopic (exact) mass is 684 g/mol. The van der Waals surface area contributed by atoms with Gasteiger partial charge in [-0.05, 0) is 86.9 Å². The molecule has 5 rings (SSSR count). The Morgan fingerprint density at radius 1 is 1.09 bits per heavy atom. The average Bonchev–Trinajstić information content (AvgIpc) is 3.30. The third kappa shape index (κ3) is 6.99. The van der Waals surface area contributed by atoms with Crippen LogP contribution in [0.15, 0.2) is 75.7 Å². The molecule has 2 heterocycles. The van der Waals surface area contributed by atoms with E-state index in [2.05, 4.69) is 4.99 Å². The number of hydrogen-bond acceptors (Lipinski definition) is 8. The van der Waals surface area contributed by atoms with Gasteiger partial charge in [0.2, 0.25) is 0 Å². The largest absolute Gasteiger partial charge is 0.493 e. The lowest BCUT2D eigenvalue weighted by Crippen LogP contribution is -2.40. The Morgan fingerprint density at radius 2 is 1.78 bits per heavy atom. The molecule has 1 aromatic heterocycles. The molecule has 0 amide bonds. The minimum absolute atomic E-state index is 0.0907. The third-order valence-corrected chi connectivity index (χ3v) is 8.54. The molecular formula is C34H31Cl2FN2O6S. The van der Waals surface area contributed by atoms with Crippen LogP contribution < -0.4 is 29.1 Å². The Labute approximate surface area is 278 Å². The first kappa shape index (κ1) is 33.2. The number of allylic oxidation sites excluding steroid dienone is 1. The number of methoxy groups -OCH3 is 1. The van der Waals surface area contributed by atoms with E-state index in [1.54, 1.807) is 62.4 Å². The predicted octanol–water partition coefficient (Wildman–Crippen LogP) is 6.62. The molecular weight excluding hydrogens is 654 g/mol. The highest BCUT2D eigenvalue weighted by atomic mass is 35.5. The van der Waals surface area contributed by atoms with Crippen molar-refractivity contribution >= 4 is 46.6 Å². The number of esters is 1. The van der Waals surface area contributed by atoms with Crippen molar-refractivity contribution in [1.29, 1.82) is 0 Å². The molecule has 0 bridgehead atoms. The summed E-state index contributed by atoms with van der Waals surface area (Å²) in [4.78, 5) is 32.4. The highest BCUT2D eigenvalue weighted by Crippen LogP contribution is 2.37. The fraction of sp³-hybridized carbons (Fsp3) is 0.265. The SMILES string of the molecule is CCOC(=O)C1=C(C)N=c2s/c(=C\c3cc(Cl)c(OCc4ccc(F)cc4)c(Cl)c3)c(=O)n2[C@H]1c1ccc(OC(C)C)c(OC)c1. The first-order valence-electron chi connectivity index (χ1n) is 14.4. The first-order chi connectivity index (χ1) is 22.0. The van der Waals surface area contributed by atoms with Gasteiger partial charge in [-0.15, -0.1) is 0 Å². The fourth-order valence-corrected chi connectivity index (χ4v) is 6.66. The molecule has 1 aliphatic heterocycles. The first-order valence-corrected chi connectivity index (χ1v) is 16.0.